The molecule has 0 bridgehead atoms. The van der Waals surface area contributed by atoms with E-state index >= 15 is 4.39 Å². The number of nitrogens with one attached hydrogen (secondary N) is 1. The maximum absolute atomic E-state index is 15.6. The van der Waals surface area contributed by atoms with Crippen LogP contribution in [0.2, 0.25) is 0 Å². The van der Waals surface area contributed by atoms with Gasteiger partial charge in [0.1, 0.15) is 12.2 Å². The van der Waals surface area contributed by atoms with E-state index in [1.54, 1.807) is 12.1 Å². The summed E-state index contributed by atoms with van der Waals surface area (Å²) in [4.78, 5) is 13.3. The lowest BCUT2D eigenvalue weighted by Gasteiger charge is -2.35. The van der Waals surface area contributed by atoms with Gasteiger partial charge in [-0.3, -0.25) is 18.5 Å². The summed E-state index contributed by atoms with van der Waals surface area (Å²) in [7, 11) is -3.99. The van der Waals surface area contributed by atoms with Crippen LogP contribution in [0.4, 0.5) is 9.18 Å². The van der Waals surface area contributed by atoms with Gasteiger partial charge < -0.3 is 10.1 Å². The molecule has 0 aromatic heterocycles. The Kier molecular flexibility index (Phi) is 4.89. The van der Waals surface area contributed by atoms with Crippen molar-refractivity contribution in [3.63, 3.8) is 0 Å². The number of allylic oxidation sites excluding steroid dienone is 1. The Morgan fingerprint density at radius 1 is 1.43 bits per heavy atom. The number of halogens is 1. The molecule has 2 fully saturated rings. The maximum Gasteiger partial charge on any atom is 0.475 e. The Balaban J connectivity index is 1.49. The first-order valence-electron chi connectivity index (χ1n) is 8.71. The van der Waals surface area contributed by atoms with E-state index in [0.29, 0.717) is 5.70 Å². The third-order valence-corrected chi connectivity index (χ3v) is 6.14. The molecule has 3 aliphatic heterocycles. The topological polar surface area (TPSA) is 86.3 Å². The van der Waals surface area contributed by atoms with Gasteiger partial charge in [0.25, 0.3) is 0 Å². The predicted octanol–water partition coefficient (Wildman–Crippen LogP) is 3.23. The number of carbonyl (C=O) groups is 1. The lowest BCUT2D eigenvalue weighted by molar-refractivity contribution is -0.0787. The van der Waals surface area contributed by atoms with Crippen LogP contribution in [-0.4, -0.2) is 41.6 Å². The van der Waals surface area contributed by atoms with Gasteiger partial charge in [0.2, 0.25) is 0 Å². The van der Waals surface area contributed by atoms with Crippen LogP contribution in [0.5, 0.6) is 0 Å². The minimum absolute atomic E-state index is 0.0117. The van der Waals surface area contributed by atoms with E-state index in [-0.39, 0.29) is 13.2 Å². The van der Waals surface area contributed by atoms with Crippen molar-refractivity contribution in [2.45, 2.75) is 37.6 Å². The molecule has 0 saturated carbocycles. The number of alkyl halides is 1. The first-order valence-corrected chi connectivity index (χ1v) is 10.2. The molecule has 1 aromatic carbocycles. The van der Waals surface area contributed by atoms with Crippen molar-refractivity contribution in [1.82, 2.24) is 10.2 Å². The number of nitrogens with zero attached hydrogens (tertiary/aromatic N) is 1. The smallest absolute Gasteiger partial charge is 0.346 e. The van der Waals surface area contributed by atoms with Crippen LogP contribution < -0.4 is 5.32 Å². The molecule has 8 nitrogen and oxygen atoms in total. The Morgan fingerprint density at radius 3 is 2.89 bits per heavy atom. The normalized spacial score (nSPS) is 37.6. The lowest BCUT2D eigenvalue weighted by Crippen LogP contribution is -2.54. The van der Waals surface area contributed by atoms with Crippen LogP contribution >= 0.6 is 7.82 Å². The van der Waals surface area contributed by atoms with Gasteiger partial charge in [-0.25, -0.2) is 13.8 Å². The van der Waals surface area contributed by atoms with Crippen molar-refractivity contribution in [1.29, 1.82) is 0 Å². The SMILES string of the molecule is C=C1C=CN([C@@H]2O[C@@H]3CO[P@@](=O)(OCc4ccccc4)O[C@H]3[C@@]2(C)F)C(=O)N1. The second-order valence-corrected chi connectivity index (χ2v) is 8.51. The average molecular weight is 410 g/mol. The van der Waals surface area contributed by atoms with E-state index in [0.717, 1.165) is 10.5 Å². The van der Waals surface area contributed by atoms with E-state index in [1.165, 1.54) is 19.2 Å². The molecule has 28 heavy (non-hydrogen) atoms. The molecule has 150 valence electrons. The molecule has 0 radical (unpaired) electrons. The predicted molar refractivity (Wildman–Crippen MR) is 96.5 cm³/mol. The molecule has 2 saturated heterocycles. The monoisotopic (exact) mass is 410 g/mol. The summed E-state index contributed by atoms with van der Waals surface area (Å²) < 4.78 is 50.1. The molecule has 3 heterocycles. The third-order valence-electron chi connectivity index (χ3n) is 4.74. The van der Waals surface area contributed by atoms with Crippen LogP contribution in [0.3, 0.4) is 0 Å². The zero-order chi connectivity index (χ0) is 19.9. The summed E-state index contributed by atoms with van der Waals surface area (Å²) in [6, 6.07) is 8.48. The highest BCUT2D eigenvalue weighted by Gasteiger charge is 2.63. The molecular formula is C18H20FN2O6P. The third kappa shape index (κ3) is 3.52. The van der Waals surface area contributed by atoms with Gasteiger partial charge in [-0.05, 0) is 18.6 Å². The van der Waals surface area contributed by atoms with Gasteiger partial charge >= 0.3 is 13.9 Å². The molecule has 0 spiro atoms. The first kappa shape index (κ1) is 19.3. The van der Waals surface area contributed by atoms with Crippen LogP contribution in [0.1, 0.15) is 12.5 Å². The van der Waals surface area contributed by atoms with Gasteiger partial charge in [0, 0.05) is 11.9 Å². The van der Waals surface area contributed by atoms with Gasteiger partial charge in [0.15, 0.2) is 11.9 Å². The number of hydrogen-bond donors (Lipinski definition) is 1. The largest absolute Gasteiger partial charge is 0.475 e. The van der Waals surface area contributed by atoms with Crippen LogP contribution in [0.15, 0.2) is 54.9 Å². The average Bonchev–Trinajstić information content (AvgIpc) is 2.91. The number of phosphoric ester groups is 1. The molecular weight excluding hydrogens is 390 g/mol. The summed E-state index contributed by atoms with van der Waals surface area (Å²) in [5.74, 6) is 0. The number of benzene rings is 1. The number of carbonyl (C=O) groups excluding carboxylic acids is 1. The van der Waals surface area contributed by atoms with Crippen molar-refractivity contribution < 1.29 is 32.1 Å². The fraction of sp³-hybridized carbons (Fsp3) is 0.389. The zero-order valence-corrected chi connectivity index (χ0v) is 16.0. The van der Waals surface area contributed by atoms with Gasteiger partial charge in [-0.1, -0.05) is 36.9 Å². The minimum Gasteiger partial charge on any atom is -0.346 e. The van der Waals surface area contributed by atoms with E-state index in [4.69, 9.17) is 18.3 Å². The van der Waals surface area contributed by atoms with Gasteiger partial charge in [0.05, 0.1) is 13.2 Å². The van der Waals surface area contributed by atoms with Gasteiger partial charge in [-0.15, -0.1) is 0 Å². The number of fused-ring (bicyclic) bond motifs is 1. The highest BCUT2D eigenvalue weighted by Crippen LogP contribution is 2.58. The standard InChI is InChI=1S/C18H20FN2O6P/c1-12-8-9-21(17(22)20-12)16-18(2,19)15-14(26-16)11-25-28(23,27-15)24-10-13-6-4-3-5-7-13/h3-9,14-16H,1,10-11H2,2H3,(H,20,22)/t14-,15-,16-,18-,28-/m1/s1. The van der Waals surface area contributed by atoms with E-state index in [9.17, 15) is 9.36 Å². The second-order valence-electron chi connectivity index (χ2n) is 6.88. The number of hydrogen-bond acceptors (Lipinski definition) is 6. The summed E-state index contributed by atoms with van der Waals surface area (Å²) in [5, 5.41) is 2.49. The summed E-state index contributed by atoms with van der Waals surface area (Å²) >= 11 is 0. The maximum atomic E-state index is 15.6. The summed E-state index contributed by atoms with van der Waals surface area (Å²) in [5.41, 5.74) is -0.998. The number of amides is 2. The molecule has 2 amide bonds. The molecule has 1 N–H and O–H groups in total. The molecule has 1 aromatic rings. The number of ether oxygens (including phenoxy) is 1. The van der Waals surface area contributed by atoms with Crippen LogP contribution in [0, 0.1) is 0 Å². The van der Waals surface area contributed by atoms with Crippen molar-refractivity contribution in [2.24, 2.45) is 0 Å². The zero-order valence-electron chi connectivity index (χ0n) is 15.1. The minimum atomic E-state index is -3.99. The Bertz CT molecular complexity index is 861. The first-order chi connectivity index (χ1) is 13.3. The van der Waals surface area contributed by atoms with Crippen molar-refractivity contribution in [3.8, 4) is 0 Å². The Morgan fingerprint density at radius 2 is 2.18 bits per heavy atom. The van der Waals surface area contributed by atoms with Crippen molar-refractivity contribution in [3.05, 3.63) is 60.4 Å². The molecule has 5 atom stereocenters. The van der Waals surface area contributed by atoms with Crippen molar-refractivity contribution in [2.75, 3.05) is 6.61 Å². The van der Waals surface area contributed by atoms with Crippen LogP contribution in [-0.2, 0) is 29.5 Å². The molecule has 0 unspecified atom stereocenters. The van der Waals surface area contributed by atoms with E-state index in [1.807, 2.05) is 18.2 Å². The lowest BCUT2D eigenvalue weighted by atomic mass is 9.98. The van der Waals surface area contributed by atoms with Crippen molar-refractivity contribution >= 4 is 13.9 Å². The summed E-state index contributed by atoms with van der Waals surface area (Å²) in [6.45, 7) is 4.66. The number of urea groups is 1. The summed E-state index contributed by atoms with van der Waals surface area (Å²) in [6.07, 6.45) is -0.439. The molecule has 10 heteroatoms. The molecule has 0 aliphatic carbocycles. The van der Waals surface area contributed by atoms with E-state index in [2.05, 4.69) is 11.9 Å². The fourth-order valence-corrected chi connectivity index (χ4v) is 4.76. The second kappa shape index (κ2) is 7.09. The Hall–Kier alpha value is -2.03. The van der Waals surface area contributed by atoms with E-state index < -0.39 is 38.0 Å². The number of phosphoric acid groups is 1. The number of rotatable bonds is 4. The highest BCUT2D eigenvalue weighted by atomic mass is 31.2. The highest BCUT2D eigenvalue weighted by molar-refractivity contribution is 7.48. The van der Waals surface area contributed by atoms with Crippen LogP contribution in [0.25, 0.3) is 0 Å². The molecule has 4 rings (SSSR count). The fourth-order valence-electron chi connectivity index (χ4n) is 3.31. The quantitative estimate of drug-likeness (QED) is 0.767. The molecule has 3 aliphatic rings. The van der Waals surface area contributed by atoms with Gasteiger partial charge in [-0.2, -0.15) is 0 Å². The Labute approximate surface area is 161 Å².